The van der Waals surface area contributed by atoms with Crippen LogP contribution in [0.4, 0.5) is 0 Å². The quantitative estimate of drug-likeness (QED) is 0.552. The minimum atomic E-state index is 0.650. The Labute approximate surface area is 130 Å². The van der Waals surface area contributed by atoms with Gasteiger partial charge in [-0.15, -0.1) is 0 Å². The van der Waals surface area contributed by atoms with E-state index >= 15 is 0 Å². The maximum absolute atomic E-state index is 2.65. The molecule has 0 radical (unpaired) electrons. The van der Waals surface area contributed by atoms with Crippen molar-refractivity contribution in [3.05, 3.63) is 34.4 Å². The topological polar surface area (TPSA) is 0 Å². The van der Waals surface area contributed by atoms with Gasteiger partial charge >= 0.3 is 0 Å². The number of rotatable bonds is 0. The second-order valence-corrected chi connectivity index (χ2v) is 8.35. The number of hydrogen-bond donors (Lipinski definition) is 0. The van der Waals surface area contributed by atoms with Crippen LogP contribution >= 0.6 is 0 Å². The van der Waals surface area contributed by atoms with Crippen molar-refractivity contribution in [1.29, 1.82) is 0 Å². The predicted octanol–water partition coefficient (Wildman–Crippen LogP) is 5.94. The van der Waals surface area contributed by atoms with E-state index in [4.69, 9.17) is 0 Å². The monoisotopic (exact) mass is 282 g/mol. The van der Waals surface area contributed by atoms with Gasteiger partial charge in [-0.3, -0.25) is 0 Å². The first-order valence-electron chi connectivity index (χ1n) is 9.20. The summed E-state index contributed by atoms with van der Waals surface area (Å²) in [7, 11) is 0. The van der Waals surface area contributed by atoms with Gasteiger partial charge in [-0.05, 0) is 97.8 Å². The van der Waals surface area contributed by atoms with Gasteiger partial charge < -0.3 is 0 Å². The van der Waals surface area contributed by atoms with Gasteiger partial charge in [0.15, 0.2) is 0 Å². The van der Waals surface area contributed by atoms with Gasteiger partial charge in [0, 0.05) is 0 Å². The van der Waals surface area contributed by atoms with E-state index in [1.165, 1.54) is 56.9 Å². The van der Waals surface area contributed by atoms with E-state index in [1.807, 2.05) is 0 Å². The molecule has 0 N–H and O–H groups in total. The van der Waals surface area contributed by atoms with Gasteiger partial charge in [-0.25, -0.2) is 0 Å². The molecule has 1 aromatic rings. The molecule has 21 heavy (non-hydrogen) atoms. The van der Waals surface area contributed by atoms with E-state index in [9.17, 15) is 0 Å². The van der Waals surface area contributed by atoms with Crippen molar-refractivity contribution in [3.63, 3.8) is 0 Å². The van der Waals surface area contributed by atoms with E-state index in [1.54, 1.807) is 16.7 Å². The molecule has 0 nitrogen and oxygen atoms in total. The molecule has 0 aliphatic heterocycles. The molecule has 0 heterocycles. The highest BCUT2D eigenvalue weighted by atomic mass is 14.5. The fourth-order valence-electron chi connectivity index (χ4n) is 6.21. The molecule has 0 spiro atoms. The number of benzene rings is 1. The second-order valence-electron chi connectivity index (χ2n) is 8.35. The molecule has 2 fully saturated rings. The van der Waals surface area contributed by atoms with Crippen LogP contribution in [0, 0.1) is 31.1 Å². The van der Waals surface area contributed by atoms with Gasteiger partial charge in [-0.1, -0.05) is 31.9 Å². The molecule has 0 bridgehead atoms. The summed E-state index contributed by atoms with van der Waals surface area (Å²) in [6.45, 7) is 7.28. The van der Waals surface area contributed by atoms with E-state index in [0.717, 1.165) is 17.8 Å². The number of aryl methyl sites for hydroxylation is 1. The van der Waals surface area contributed by atoms with E-state index < -0.39 is 0 Å². The second kappa shape index (κ2) is 4.86. The van der Waals surface area contributed by atoms with Crippen LogP contribution in [-0.2, 0) is 6.42 Å². The Hall–Kier alpha value is -0.780. The normalized spacial score (nSPS) is 38.3. The minimum absolute atomic E-state index is 0.650. The predicted molar refractivity (Wildman–Crippen MR) is 89.8 cm³/mol. The van der Waals surface area contributed by atoms with Gasteiger partial charge in [0.2, 0.25) is 0 Å². The lowest BCUT2D eigenvalue weighted by molar-refractivity contribution is -0.0204. The number of hydrogen-bond acceptors (Lipinski definition) is 0. The maximum Gasteiger partial charge on any atom is -0.0125 e. The molecule has 0 amide bonds. The third-order valence-electron chi connectivity index (χ3n) is 7.62. The summed E-state index contributed by atoms with van der Waals surface area (Å²) in [5, 5.41) is 0. The lowest BCUT2D eigenvalue weighted by Gasteiger charge is -2.56. The zero-order chi connectivity index (χ0) is 14.6. The summed E-state index contributed by atoms with van der Waals surface area (Å²) >= 11 is 0. The summed E-state index contributed by atoms with van der Waals surface area (Å²) in [5.74, 6) is 2.86. The van der Waals surface area contributed by atoms with Crippen molar-refractivity contribution < 1.29 is 0 Å². The maximum atomic E-state index is 2.65. The fourth-order valence-corrected chi connectivity index (χ4v) is 6.21. The van der Waals surface area contributed by atoms with Gasteiger partial charge in [0.05, 0.1) is 0 Å². The van der Waals surface area contributed by atoms with Gasteiger partial charge in [-0.2, -0.15) is 0 Å². The smallest absolute Gasteiger partial charge is 0.0125 e. The first kappa shape index (κ1) is 13.9. The molecule has 3 aliphatic rings. The highest BCUT2D eigenvalue weighted by molar-refractivity contribution is 5.44. The molecular weight excluding hydrogens is 252 g/mol. The summed E-state index contributed by atoms with van der Waals surface area (Å²) in [5.41, 5.74) is 7.18. The first-order valence-corrected chi connectivity index (χ1v) is 9.20. The average molecular weight is 282 g/mol. The lowest BCUT2D eigenvalue weighted by Crippen LogP contribution is -2.46. The van der Waals surface area contributed by atoms with Crippen molar-refractivity contribution in [1.82, 2.24) is 0 Å². The van der Waals surface area contributed by atoms with E-state index in [0.29, 0.717) is 5.41 Å². The first-order chi connectivity index (χ1) is 10.1. The van der Waals surface area contributed by atoms with E-state index in [-0.39, 0.29) is 0 Å². The van der Waals surface area contributed by atoms with Crippen molar-refractivity contribution in [3.8, 4) is 0 Å². The Bertz CT molecular complexity index is 555. The van der Waals surface area contributed by atoms with Crippen LogP contribution in [-0.4, -0.2) is 0 Å². The SMILES string of the molecule is Cc1ccc2c(c1C)CC[C@H]1[C@@H]2CC[C@@H]2CCCC[C@@]21C. The van der Waals surface area contributed by atoms with Crippen molar-refractivity contribution in [2.75, 3.05) is 0 Å². The van der Waals surface area contributed by atoms with E-state index in [2.05, 4.69) is 32.9 Å². The molecule has 4 atom stereocenters. The molecule has 114 valence electrons. The third kappa shape index (κ3) is 1.94. The van der Waals surface area contributed by atoms with Crippen LogP contribution in [0.25, 0.3) is 0 Å². The molecule has 0 aromatic heterocycles. The highest BCUT2D eigenvalue weighted by Crippen LogP contribution is 2.60. The highest BCUT2D eigenvalue weighted by Gasteiger charge is 2.50. The molecule has 0 unspecified atom stereocenters. The Balaban J connectivity index is 1.75. The van der Waals surface area contributed by atoms with Crippen LogP contribution in [0.2, 0.25) is 0 Å². The zero-order valence-electron chi connectivity index (χ0n) is 14.0. The van der Waals surface area contributed by atoms with Gasteiger partial charge in [0.1, 0.15) is 0 Å². The van der Waals surface area contributed by atoms with Crippen LogP contribution < -0.4 is 0 Å². The lowest BCUT2D eigenvalue weighted by atomic mass is 9.49. The molecule has 3 aliphatic carbocycles. The molecule has 0 heteroatoms. The summed E-state index contributed by atoms with van der Waals surface area (Å²) in [4.78, 5) is 0. The van der Waals surface area contributed by atoms with Crippen LogP contribution in [0.15, 0.2) is 12.1 Å². The fraction of sp³-hybridized carbons (Fsp3) is 0.714. The van der Waals surface area contributed by atoms with Crippen molar-refractivity contribution in [2.45, 2.75) is 78.1 Å². The Morgan fingerprint density at radius 3 is 2.71 bits per heavy atom. The Morgan fingerprint density at radius 2 is 1.86 bits per heavy atom. The zero-order valence-corrected chi connectivity index (χ0v) is 14.0. The van der Waals surface area contributed by atoms with Crippen LogP contribution in [0.1, 0.15) is 80.0 Å². The average Bonchev–Trinajstić information content (AvgIpc) is 2.50. The van der Waals surface area contributed by atoms with Crippen LogP contribution in [0.5, 0.6) is 0 Å². The van der Waals surface area contributed by atoms with Crippen molar-refractivity contribution in [2.24, 2.45) is 17.3 Å². The molecule has 4 rings (SSSR count). The summed E-state index contributed by atoms with van der Waals surface area (Å²) in [6.07, 6.45) is 11.7. The molecule has 0 saturated heterocycles. The third-order valence-corrected chi connectivity index (χ3v) is 7.62. The molecule has 2 saturated carbocycles. The summed E-state index contributed by atoms with van der Waals surface area (Å²) in [6, 6.07) is 4.87. The van der Waals surface area contributed by atoms with Crippen LogP contribution in [0.3, 0.4) is 0 Å². The van der Waals surface area contributed by atoms with Gasteiger partial charge in [0.25, 0.3) is 0 Å². The Morgan fingerprint density at radius 1 is 1.00 bits per heavy atom. The standard InChI is InChI=1S/C21H30/c1-14-7-9-18-17(15(14)2)11-12-20-19(18)10-8-16-6-4-5-13-21(16,20)3/h7,9,16,19-20H,4-6,8,10-13H2,1-3H3/t16-,19+,20-,21-/m0/s1. The van der Waals surface area contributed by atoms with Crippen molar-refractivity contribution >= 4 is 0 Å². The minimum Gasteiger partial charge on any atom is -0.0591 e. The molecular formula is C21H30. The summed E-state index contributed by atoms with van der Waals surface area (Å²) < 4.78 is 0. The number of fused-ring (bicyclic) bond motifs is 5. The Kier molecular flexibility index (Phi) is 3.21. The molecule has 1 aromatic carbocycles. The largest absolute Gasteiger partial charge is 0.0591 e.